The molecule has 0 unspecified atom stereocenters. The van der Waals surface area contributed by atoms with Crippen molar-refractivity contribution in [3.05, 3.63) is 23.8 Å². The third kappa shape index (κ3) is 7.28. The van der Waals surface area contributed by atoms with Crippen molar-refractivity contribution in [2.45, 2.75) is 44.2 Å². The van der Waals surface area contributed by atoms with Crippen molar-refractivity contribution in [3.63, 3.8) is 0 Å². The largest absolute Gasteiger partial charge is 0.478 e. The van der Waals surface area contributed by atoms with Gasteiger partial charge >= 0.3 is 5.97 Å². The van der Waals surface area contributed by atoms with Gasteiger partial charge in [-0.15, -0.1) is 0 Å². The van der Waals surface area contributed by atoms with Crippen molar-refractivity contribution in [1.29, 1.82) is 0 Å². The zero-order chi connectivity index (χ0) is 19.7. The van der Waals surface area contributed by atoms with E-state index in [0.717, 1.165) is 6.07 Å². The van der Waals surface area contributed by atoms with E-state index < -0.39 is 22.0 Å². The fourth-order valence-corrected chi connectivity index (χ4v) is 3.51. The molecular weight excluding hydrogens is 360 g/mol. The van der Waals surface area contributed by atoms with Crippen LogP contribution < -0.4 is 10.0 Å². The molecular formula is C17H28N2O6S. The van der Waals surface area contributed by atoms with Crippen LogP contribution in [0.1, 0.15) is 37.6 Å². The molecule has 0 bridgehead atoms. The Bertz CT molecular complexity index is 690. The molecule has 9 heteroatoms. The Hall–Kier alpha value is -1.68. The van der Waals surface area contributed by atoms with Crippen molar-refractivity contribution >= 4 is 21.7 Å². The Labute approximate surface area is 154 Å². The smallest absolute Gasteiger partial charge is 0.337 e. The molecule has 3 N–H and O–H groups in total. The van der Waals surface area contributed by atoms with E-state index in [1.165, 1.54) is 19.2 Å². The van der Waals surface area contributed by atoms with E-state index in [1.807, 2.05) is 13.8 Å². The minimum Gasteiger partial charge on any atom is -0.478 e. The fraction of sp³-hybridized carbons (Fsp3) is 0.588. The molecule has 0 aliphatic carbocycles. The number of carboxylic acids is 1. The van der Waals surface area contributed by atoms with Gasteiger partial charge in [0, 0.05) is 32.0 Å². The average molecular weight is 388 g/mol. The summed E-state index contributed by atoms with van der Waals surface area (Å²) in [6.07, 6.45) is 0.843. The summed E-state index contributed by atoms with van der Waals surface area (Å²) in [6, 6.07) is 3.55. The number of nitrogens with one attached hydrogen (secondary N) is 2. The minimum atomic E-state index is -3.83. The molecule has 0 radical (unpaired) electrons. The van der Waals surface area contributed by atoms with Gasteiger partial charge in [-0.05, 0) is 45.4 Å². The maximum Gasteiger partial charge on any atom is 0.337 e. The average Bonchev–Trinajstić information content (AvgIpc) is 2.53. The lowest BCUT2D eigenvalue weighted by Crippen LogP contribution is -2.35. The number of carbonyl (C=O) groups is 1. The first-order valence-electron chi connectivity index (χ1n) is 8.41. The number of sulfonamides is 1. The molecule has 0 aromatic heterocycles. The summed E-state index contributed by atoms with van der Waals surface area (Å²) < 4.78 is 37.5. The molecule has 0 saturated carbocycles. The summed E-state index contributed by atoms with van der Waals surface area (Å²) in [5.74, 6) is -1.20. The molecule has 1 aromatic rings. The van der Waals surface area contributed by atoms with Gasteiger partial charge in [0.25, 0.3) is 0 Å². The number of methoxy groups -OCH3 is 1. The number of benzene rings is 1. The first kappa shape index (κ1) is 22.4. The van der Waals surface area contributed by atoms with E-state index in [2.05, 4.69) is 10.0 Å². The number of carboxylic acid groups (broad SMARTS) is 1. The van der Waals surface area contributed by atoms with Gasteiger partial charge in [0.2, 0.25) is 10.0 Å². The van der Waals surface area contributed by atoms with Gasteiger partial charge < -0.3 is 19.9 Å². The topological polar surface area (TPSA) is 114 Å². The van der Waals surface area contributed by atoms with E-state index in [1.54, 1.807) is 6.92 Å². The fourth-order valence-electron chi connectivity index (χ4n) is 2.25. The normalized spacial score (nSPS) is 13.0. The van der Waals surface area contributed by atoms with Crippen LogP contribution >= 0.6 is 0 Å². The van der Waals surface area contributed by atoms with Crippen molar-refractivity contribution < 1.29 is 27.8 Å². The lowest BCUT2D eigenvalue weighted by Gasteiger charge is -2.15. The zero-order valence-corrected chi connectivity index (χ0v) is 16.4. The number of ether oxygens (including phenoxy) is 2. The summed E-state index contributed by atoms with van der Waals surface area (Å²) in [5, 5.41) is 12.4. The second-order valence-corrected chi connectivity index (χ2v) is 7.90. The van der Waals surface area contributed by atoms with Crippen molar-refractivity contribution in [3.8, 4) is 0 Å². The van der Waals surface area contributed by atoms with Gasteiger partial charge in [-0.2, -0.15) is 0 Å². The molecule has 0 spiro atoms. The molecule has 1 rings (SSSR count). The number of aromatic carboxylic acids is 1. The lowest BCUT2D eigenvalue weighted by molar-refractivity contribution is 0.0697. The molecule has 0 saturated heterocycles. The lowest BCUT2D eigenvalue weighted by atomic mass is 10.2. The Morgan fingerprint density at radius 2 is 1.96 bits per heavy atom. The molecule has 26 heavy (non-hydrogen) atoms. The van der Waals surface area contributed by atoms with Gasteiger partial charge in [0.15, 0.2) is 0 Å². The highest BCUT2D eigenvalue weighted by Gasteiger charge is 2.20. The number of rotatable bonds is 12. The van der Waals surface area contributed by atoms with Crippen LogP contribution in [-0.4, -0.2) is 58.5 Å². The van der Waals surface area contributed by atoms with Crippen LogP contribution in [-0.2, 0) is 19.5 Å². The van der Waals surface area contributed by atoms with E-state index in [-0.39, 0.29) is 23.2 Å². The Morgan fingerprint density at radius 1 is 1.27 bits per heavy atom. The summed E-state index contributed by atoms with van der Waals surface area (Å²) >= 11 is 0. The SMILES string of the molecule is COC[C@@H](C)NS(=O)(=O)c1ccc(NCCCOC(C)C)c(C(=O)O)c1. The molecule has 1 aromatic carbocycles. The van der Waals surface area contributed by atoms with Crippen molar-refractivity contribution in [1.82, 2.24) is 4.72 Å². The maximum absolute atomic E-state index is 12.4. The Morgan fingerprint density at radius 3 is 2.54 bits per heavy atom. The quantitative estimate of drug-likeness (QED) is 0.469. The van der Waals surface area contributed by atoms with Gasteiger partial charge in [-0.1, -0.05) is 0 Å². The molecule has 0 aliphatic rings. The predicted molar refractivity (Wildman–Crippen MR) is 99.3 cm³/mol. The Balaban J connectivity index is 2.86. The molecule has 148 valence electrons. The van der Waals surface area contributed by atoms with Crippen molar-refractivity contribution in [2.24, 2.45) is 0 Å². The maximum atomic E-state index is 12.4. The summed E-state index contributed by atoms with van der Waals surface area (Å²) in [7, 11) is -2.36. The summed E-state index contributed by atoms with van der Waals surface area (Å²) in [4.78, 5) is 11.4. The highest BCUT2D eigenvalue weighted by molar-refractivity contribution is 7.89. The van der Waals surface area contributed by atoms with Crippen LogP contribution in [0, 0.1) is 0 Å². The first-order valence-corrected chi connectivity index (χ1v) is 9.89. The standard InChI is InChI=1S/C17H28N2O6S/c1-12(2)25-9-5-8-18-16-7-6-14(10-15(16)17(20)21)26(22,23)19-13(3)11-24-4/h6-7,10,12-13,18-19H,5,8-9,11H2,1-4H3,(H,20,21)/t13-/m1/s1. The molecule has 0 aliphatic heterocycles. The first-order chi connectivity index (χ1) is 12.2. The second-order valence-electron chi connectivity index (χ2n) is 6.19. The monoisotopic (exact) mass is 388 g/mol. The minimum absolute atomic E-state index is 0.1000. The number of hydrogen-bond acceptors (Lipinski definition) is 6. The van der Waals surface area contributed by atoms with E-state index in [9.17, 15) is 18.3 Å². The second kappa shape index (κ2) is 10.5. The van der Waals surface area contributed by atoms with Crippen LogP contribution in [0.15, 0.2) is 23.1 Å². The summed E-state index contributed by atoms with van der Waals surface area (Å²) in [6.45, 7) is 6.83. The van der Waals surface area contributed by atoms with Crippen molar-refractivity contribution in [2.75, 3.05) is 32.2 Å². The van der Waals surface area contributed by atoms with Crippen LogP contribution in [0.4, 0.5) is 5.69 Å². The van der Waals surface area contributed by atoms with E-state index >= 15 is 0 Å². The van der Waals surface area contributed by atoms with E-state index in [4.69, 9.17) is 9.47 Å². The predicted octanol–water partition coefficient (Wildman–Crippen LogP) is 1.92. The van der Waals surface area contributed by atoms with Crippen LogP contribution in [0.25, 0.3) is 0 Å². The van der Waals surface area contributed by atoms with Gasteiger partial charge in [-0.25, -0.2) is 17.9 Å². The van der Waals surface area contributed by atoms with Crippen LogP contribution in [0.5, 0.6) is 0 Å². The van der Waals surface area contributed by atoms with Gasteiger partial charge in [0.05, 0.1) is 23.2 Å². The number of anilines is 1. The van der Waals surface area contributed by atoms with Crippen LogP contribution in [0.2, 0.25) is 0 Å². The van der Waals surface area contributed by atoms with E-state index in [0.29, 0.717) is 25.3 Å². The third-order valence-electron chi connectivity index (χ3n) is 3.39. The third-order valence-corrected chi connectivity index (χ3v) is 4.98. The van der Waals surface area contributed by atoms with Gasteiger partial charge in [-0.3, -0.25) is 0 Å². The molecule has 0 amide bonds. The molecule has 0 fully saturated rings. The summed E-state index contributed by atoms with van der Waals surface area (Å²) in [5.41, 5.74) is 0.267. The molecule has 0 heterocycles. The number of hydrogen-bond donors (Lipinski definition) is 3. The molecule has 8 nitrogen and oxygen atoms in total. The molecule has 1 atom stereocenters. The van der Waals surface area contributed by atoms with Gasteiger partial charge in [0.1, 0.15) is 0 Å². The Kier molecular flexibility index (Phi) is 9.00. The highest BCUT2D eigenvalue weighted by atomic mass is 32.2. The highest BCUT2D eigenvalue weighted by Crippen LogP contribution is 2.21. The van der Waals surface area contributed by atoms with Crippen LogP contribution in [0.3, 0.4) is 0 Å². The zero-order valence-electron chi connectivity index (χ0n) is 15.6.